The number of anilines is 2. The quantitative estimate of drug-likeness (QED) is 0.694. The Morgan fingerprint density at radius 2 is 1.97 bits per heavy atom. The second-order valence-corrected chi connectivity index (χ2v) is 6.53. The summed E-state index contributed by atoms with van der Waals surface area (Å²) >= 11 is 0. The second-order valence-electron chi connectivity index (χ2n) is 6.53. The molecule has 2 heterocycles. The minimum atomic E-state index is -0.460. The molecule has 0 aliphatic carbocycles. The highest BCUT2D eigenvalue weighted by atomic mass is 16.5. The van der Waals surface area contributed by atoms with Crippen molar-refractivity contribution in [3.8, 4) is 11.5 Å². The van der Waals surface area contributed by atoms with E-state index >= 15 is 0 Å². The van der Waals surface area contributed by atoms with Crippen LogP contribution in [0.3, 0.4) is 0 Å². The van der Waals surface area contributed by atoms with Crippen LogP contribution in [-0.4, -0.2) is 34.9 Å². The van der Waals surface area contributed by atoms with Crippen LogP contribution in [0.2, 0.25) is 0 Å². The Morgan fingerprint density at radius 3 is 2.76 bits per heavy atom. The molecule has 1 amide bonds. The van der Waals surface area contributed by atoms with Crippen LogP contribution in [-0.2, 0) is 4.79 Å². The van der Waals surface area contributed by atoms with Crippen molar-refractivity contribution in [2.75, 3.05) is 24.9 Å². The number of nitrogens with zero attached hydrogens (tertiary/aromatic N) is 3. The first kappa shape index (κ1) is 18.5. The first-order valence-corrected chi connectivity index (χ1v) is 9.08. The lowest BCUT2D eigenvalue weighted by Crippen LogP contribution is -2.31. The largest absolute Gasteiger partial charge is 0.497 e. The molecule has 0 bridgehead atoms. The van der Waals surface area contributed by atoms with Crippen LogP contribution in [0, 0.1) is 0 Å². The number of amides is 1. The number of fused-ring (bicyclic) bond motifs is 1. The zero-order valence-electron chi connectivity index (χ0n) is 16.3. The van der Waals surface area contributed by atoms with Crippen molar-refractivity contribution in [2.45, 2.75) is 13.0 Å². The van der Waals surface area contributed by atoms with E-state index in [1.807, 2.05) is 43.3 Å². The molecule has 3 aromatic rings. The average Bonchev–Trinajstić information content (AvgIpc) is 3.21. The summed E-state index contributed by atoms with van der Waals surface area (Å²) in [5.74, 6) is 1.60. The van der Waals surface area contributed by atoms with Gasteiger partial charge in [-0.2, -0.15) is 10.1 Å². The third kappa shape index (κ3) is 3.40. The zero-order valence-corrected chi connectivity index (χ0v) is 16.3. The molecule has 0 fully saturated rings. The molecule has 1 aromatic heterocycles. The van der Waals surface area contributed by atoms with Crippen LogP contribution in [0.25, 0.3) is 0 Å². The minimum absolute atomic E-state index is 0.256. The summed E-state index contributed by atoms with van der Waals surface area (Å²) in [7, 11) is 3.18. The van der Waals surface area contributed by atoms with Crippen LogP contribution in [0.5, 0.6) is 11.5 Å². The fourth-order valence-electron chi connectivity index (χ4n) is 3.44. The van der Waals surface area contributed by atoms with Gasteiger partial charge in [-0.25, -0.2) is 4.68 Å². The van der Waals surface area contributed by atoms with E-state index in [4.69, 9.17) is 9.47 Å². The number of para-hydroxylation sites is 2. The molecule has 0 unspecified atom stereocenters. The molecule has 0 saturated heterocycles. The van der Waals surface area contributed by atoms with Crippen molar-refractivity contribution in [1.82, 2.24) is 14.8 Å². The summed E-state index contributed by atoms with van der Waals surface area (Å²) in [6.45, 7) is 1.85. The fraction of sp³-hybridized carbons (Fsp3) is 0.190. The fourth-order valence-corrected chi connectivity index (χ4v) is 3.44. The van der Waals surface area contributed by atoms with Crippen LogP contribution < -0.4 is 20.1 Å². The normalized spacial score (nSPS) is 15.3. The summed E-state index contributed by atoms with van der Waals surface area (Å²) in [5, 5.41) is 10.5. The van der Waals surface area contributed by atoms with Gasteiger partial charge in [0.1, 0.15) is 23.9 Å². The molecule has 2 N–H and O–H groups in total. The molecule has 29 heavy (non-hydrogen) atoms. The van der Waals surface area contributed by atoms with E-state index in [9.17, 15) is 4.79 Å². The molecule has 0 saturated carbocycles. The summed E-state index contributed by atoms with van der Waals surface area (Å²) in [5.41, 5.74) is 2.68. The van der Waals surface area contributed by atoms with E-state index in [1.54, 1.807) is 31.0 Å². The number of hydrogen-bond acceptors (Lipinski definition) is 6. The summed E-state index contributed by atoms with van der Waals surface area (Å²) in [4.78, 5) is 17.6. The highest BCUT2D eigenvalue weighted by Crippen LogP contribution is 2.36. The van der Waals surface area contributed by atoms with Gasteiger partial charge in [0.25, 0.3) is 5.91 Å². The lowest BCUT2D eigenvalue weighted by Gasteiger charge is -2.29. The van der Waals surface area contributed by atoms with Crippen LogP contribution in [0.15, 0.2) is 66.1 Å². The number of aromatic nitrogens is 3. The van der Waals surface area contributed by atoms with Crippen molar-refractivity contribution in [2.24, 2.45) is 0 Å². The predicted octanol–water partition coefficient (Wildman–Crippen LogP) is 3.22. The van der Waals surface area contributed by atoms with Crippen molar-refractivity contribution in [3.05, 3.63) is 71.7 Å². The maximum absolute atomic E-state index is 13.4. The molecule has 8 heteroatoms. The van der Waals surface area contributed by atoms with Gasteiger partial charge in [-0.1, -0.05) is 24.3 Å². The van der Waals surface area contributed by atoms with Crippen molar-refractivity contribution >= 4 is 17.5 Å². The molecular formula is C21H21N5O3. The van der Waals surface area contributed by atoms with Gasteiger partial charge in [-0.15, -0.1) is 0 Å². The first-order valence-electron chi connectivity index (χ1n) is 9.08. The Balaban J connectivity index is 1.77. The molecule has 1 atom stereocenters. The number of nitrogens with one attached hydrogen (secondary N) is 2. The standard InChI is InChI=1S/C21H21N5O3/c1-13-18(20(27)25-16-9-4-5-10-17(16)29-3)19(26-21(24-13)22-12-23-26)14-7-6-8-15(11-14)28-2/h4-12,19H,1-3H3,(H,25,27)(H,22,23,24)/t19-/m0/s1. The van der Waals surface area contributed by atoms with Gasteiger partial charge in [-0.05, 0) is 36.8 Å². The average molecular weight is 391 g/mol. The van der Waals surface area contributed by atoms with E-state index in [0.717, 1.165) is 5.56 Å². The van der Waals surface area contributed by atoms with Gasteiger partial charge in [0.05, 0.1) is 25.5 Å². The number of carbonyl (C=O) groups excluding carboxylic acids is 1. The first-order chi connectivity index (χ1) is 14.1. The number of rotatable bonds is 5. The summed E-state index contributed by atoms with van der Waals surface area (Å²) in [6.07, 6.45) is 1.46. The van der Waals surface area contributed by atoms with Gasteiger partial charge in [0.2, 0.25) is 5.95 Å². The summed E-state index contributed by atoms with van der Waals surface area (Å²) < 4.78 is 12.4. The molecule has 1 aliphatic heterocycles. The van der Waals surface area contributed by atoms with Crippen LogP contribution >= 0.6 is 0 Å². The minimum Gasteiger partial charge on any atom is -0.497 e. The number of benzene rings is 2. The van der Waals surface area contributed by atoms with Crippen molar-refractivity contribution in [3.63, 3.8) is 0 Å². The number of methoxy groups -OCH3 is 2. The molecule has 2 aromatic carbocycles. The van der Waals surface area contributed by atoms with E-state index in [1.165, 1.54) is 6.33 Å². The molecule has 4 rings (SSSR count). The smallest absolute Gasteiger partial charge is 0.255 e. The number of hydrogen-bond donors (Lipinski definition) is 2. The van der Waals surface area contributed by atoms with Gasteiger partial charge >= 0.3 is 0 Å². The van der Waals surface area contributed by atoms with Gasteiger partial charge < -0.3 is 20.1 Å². The van der Waals surface area contributed by atoms with Crippen molar-refractivity contribution < 1.29 is 14.3 Å². The van der Waals surface area contributed by atoms with E-state index < -0.39 is 6.04 Å². The highest BCUT2D eigenvalue weighted by molar-refractivity contribution is 6.06. The monoisotopic (exact) mass is 391 g/mol. The molecule has 8 nitrogen and oxygen atoms in total. The lowest BCUT2D eigenvalue weighted by atomic mass is 9.95. The SMILES string of the molecule is COc1cccc([C@H]2C(C(=O)Nc3ccccc3OC)=C(C)Nc3ncnn32)c1. The molecule has 1 aliphatic rings. The van der Waals surface area contributed by atoms with Gasteiger partial charge in [-0.3, -0.25) is 4.79 Å². The molecule has 0 spiro atoms. The number of carbonyl (C=O) groups is 1. The van der Waals surface area contributed by atoms with Gasteiger partial charge in [0, 0.05) is 5.70 Å². The zero-order chi connectivity index (χ0) is 20.4. The Labute approximate surface area is 168 Å². The topological polar surface area (TPSA) is 90.3 Å². The third-order valence-electron chi connectivity index (χ3n) is 4.80. The Hall–Kier alpha value is -3.81. The Morgan fingerprint density at radius 1 is 1.14 bits per heavy atom. The third-order valence-corrected chi connectivity index (χ3v) is 4.80. The predicted molar refractivity (Wildman–Crippen MR) is 109 cm³/mol. The van der Waals surface area contributed by atoms with E-state index in [2.05, 4.69) is 20.7 Å². The molecule has 0 radical (unpaired) electrons. The van der Waals surface area contributed by atoms with E-state index in [0.29, 0.717) is 34.4 Å². The second kappa shape index (κ2) is 7.67. The summed E-state index contributed by atoms with van der Waals surface area (Å²) in [6, 6.07) is 14.4. The molecular weight excluding hydrogens is 370 g/mol. The Kier molecular flexibility index (Phi) is 4.90. The Bertz CT molecular complexity index is 1090. The van der Waals surface area contributed by atoms with Crippen LogP contribution in [0.1, 0.15) is 18.5 Å². The van der Waals surface area contributed by atoms with Crippen LogP contribution in [0.4, 0.5) is 11.6 Å². The van der Waals surface area contributed by atoms with Gasteiger partial charge in [0.15, 0.2) is 0 Å². The maximum Gasteiger partial charge on any atom is 0.255 e. The lowest BCUT2D eigenvalue weighted by molar-refractivity contribution is -0.113. The number of ether oxygens (including phenoxy) is 2. The molecule has 148 valence electrons. The number of allylic oxidation sites excluding steroid dienone is 1. The van der Waals surface area contributed by atoms with Crippen molar-refractivity contribution in [1.29, 1.82) is 0 Å². The highest BCUT2D eigenvalue weighted by Gasteiger charge is 2.33. The van der Waals surface area contributed by atoms with E-state index in [-0.39, 0.29) is 5.91 Å². The maximum atomic E-state index is 13.4.